The summed E-state index contributed by atoms with van der Waals surface area (Å²) in [5.41, 5.74) is 0.693. The zero-order chi connectivity index (χ0) is 7.61. The number of hydrogen-bond donors (Lipinski definition) is 0. The predicted octanol–water partition coefficient (Wildman–Crippen LogP) is 3.61. The van der Waals surface area contributed by atoms with Gasteiger partial charge in [0.1, 0.15) is 0 Å². The number of rotatable bonds is 3. The van der Waals surface area contributed by atoms with E-state index < -0.39 is 0 Å². The van der Waals surface area contributed by atoms with E-state index in [0.717, 1.165) is 5.92 Å². The van der Waals surface area contributed by atoms with Crippen LogP contribution in [0.25, 0.3) is 0 Å². The van der Waals surface area contributed by atoms with Crippen LogP contribution >= 0.6 is 0 Å². The van der Waals surface area contributed by atoms with Crippen LogP contribution < -0.4 is 0 Å². The summed E-state index contributed by atoms with van der Waals surface area (Å²) in [5, 5.41) is 0. The molecule has 10 heavy (non-hydrogen) atoms. The quantitative estimate of drug-likeness (QED) is 0.561. The third kappa shape index (κ3) is 2.00. The van der Waals surface area contributed by atoms with Crippen molar-refractivity contribution >= 4 is 0 Å². The van der Waals surface area contributed by atoms with Crippen LogP contribution in [0.5, 0.6) is 0 Å². The normalized spacial score (nSPS) is 24.3. The summed E-state index contributed by atoms with van der Waals surface area (Å²) in [5.74, 6) is 1.08. The average molecular weight is 140 g/mol. The molecular formula is C10H20. The first-order valence-corrected chi connectivity index (χ1v) is 4.64. The second-order valence-electron chi connectivity index (χ2n) is 4.58. The Hall–Kier alpha value is 0. The first-order valence-electron chi connectivity index (χ1n) is 4.64. The smallest absolute Gasteiger partial charge is 0.0349 e. The van der Waals surface area contributed by atoms with Gasteiger partial charge in [-0.05, 0) is 24.2 Å². The van der Waals surface area contributed by atoms with Crippen molar-refractivity contribution in [1.82, 2.24) is 0 Å². The Kier molecular flexibility index (Phi) is 2.38. The molecule has 0 spiro atoms. The fourth-order valence-corrected chi connectivity index (χ4v) is 2.20. The zero-order valence-electron chi connectivity index (χ0n) is 7.61. The molecule has 0 aromatic carbocycles. The van der Waals surface area contributed by atoms with E-state index in [2.05, 4.69) is 20.8 Å². The van der Waals surface area contributed by atoms with Gasteiger partial charge in [-0.15, -0.1) is 0 Å². The molecule has 0 bridgehead atoms. The molecule has 0 unspecified atom stereocenters. The third-order valence-electron chi connectivity index (χ3n) is 2.65. The van der Waals surface area contributed by atoms with E-state index >= 15 is 0 Å². The Balaban J connectivity index is 2.03. The molecule has 1 saturated carbocycles. The summed E-state index contributed by atoms with van der Waals surface area (Å²) >= 11 is 0. The van der Waals surface area contributed by atoms with Crippen LogP contribution in [0, 0.1) is 11.3 Å². The topological polar surface area (TPSA) is 0 Å². The van der Waals surface area contributed by atoms with Crippen LogP contribution in [0.1, 0.15) is 52.9 Å². The number of unbranched alkanes of at least 4 members (excludes halogenated alkanes) is 1. The van der Waals surface area contributed by atoms with Gasteiger partial charge in [0.2, 0.25) is 0 Å². The molecule has 0 aromatic rings. The maximum Gasteiger partial charge on any atom is -0.0349 e. The van der Waals surface area contributed by atoms with Gasteiger partial charge in [-0.3, -0.25) is 0 Å². The Morgan fingerprint density at radius 3 is 2.30 bits per heavy atom. The maximum absolute atomic E-state index is 2.38. The highest BCUT2D eigenvalue weighted by atomic mass is 14.4. The third-order valence-corrected chi connectivity index (χ3v) is 2.65. The lowest BCUT2D eigenvalue weighted by Gasteiger charge is -2.42. The Labute approximate surface area is 65.0 Å². The van der Waals surface area contributed by atoms with Crippen molar-refractivity contribution in [2.75, 3.05) is 0 Å². The van der Waals surface area contributed by atoms with Crippen LogP contribution in [0.15, 0.2) is 0 Å². The Morgan fingerprint density at radius 1 is 1.30 bits per heavy atom. The molecule has 0 aliphatic heterocycles. The SMILES string of the molecule is CCCCC1CC(C)(C)C1. The second kappa shape index (κ2) is 2.94. The molecule has 1 aliphatic carbocycles. The zero-order valence-corrected chi connectivity index (χ0v) is 7.61. The Bertz CT molecular complexity index is 94.6. The molecule has 0 heterocycles. The fourth-order valence-electron chi connectivity index (χ4n) is 2.20. The van der Waals surface area contributed by atoms with Crippen LogP contribution in [0.2, 0.25) is 0 Å². The van der Waals surface area contributed by atoms with E-state index in [4.69, 9.17) is 0 Å². The van der Waals surface area contributed by atoms with Gasteiger partial charge in [0, 0.05) is 0 Å². The van der Waals surface area contributed by atoms with Crippen molar-refractivity contribution in [3.63, 3.8) is 0 Å². The molecule has 1 rings (SSSR count). The van der Waals surface area contributed by atoms with E-state index in [1.165, 1.54) is 32.1 Å². The highest BCUT2D eigenvalue weighted by Gasteiger charge is 2.34. The van der Waals surface area contributed by atoms with Crippen molar-refractivity contribution in [3.05, 3.63) is 0 Å². The number of hydrogen-bond acceptors (Lipinski definition) is 0. The lowest BCUT2D eigenvalue weighted by atomic mass is 9.63. The van der Waals surface area contributed by atoms with Gasteiger partial charge in [-0.25, -0.2) is 0 Å². The second-order valence-corrected chi connectivity index (χ2v) is 4.58. The molecule has 0 atom stereocenters. The summed E-state index contributed by atoms with van der Waals surface area (Å²) in [4.78, 5) is 0. The van der Waals surface area contributed by atoms with Crippen LogP contribution in [-0.4, -0.2) is 0 Å². The largest absolute Gasteiger partial charge is 0.0654 e. The van der Waals surface area contributed by atoms with E-state index in [-0.39, 0.29) is 0 Å². The predicted molar refractivity (Wildman–Crippen MR) is 46.0 cm³/mol. The van der Waals surface area contributed by atoms with E-state index in [1.807, 2.05) is 0 Å². The minimum Gasteiger partial charge on any atom is -0.0654 e. The van der Waals surface area contributed by atoms with E-state index in [0.29, 0.717) is 5.41 Å². The molecule has 0 aromatic heterocycles. The standard InChI is InChI=1S/C10H20/c1-4-5-6-9-7-10(2,3)8-9/h9H,4-8H2,1-3H3. The monoisotopic (exact) mass is 140 g/mol. The first-order chi connectivity index (χ1) is 4.64. The molecule has 0 heteroatoms. The molecule has 0 saturated heterocycles. The summed E-state index contributed by atoms with van der Waals surface area (Å²) in [6, 6.07) is 0. The van der Waals surface area contributed by atoms with Crippen molar-refractivity contribution in [2.24, 2.45) is 11.3 Å². The highest BCUT2D eigenvalue weighted by molar-refractivity contribution is 4.86. The molecular weight excluding hydrogens is 120 g/mol. The van der Waals surface area contributed by atoms with Crippen LogP contribution in [0.4, 0.5) is 0 Å². The summed E-state index contributed by atoms with van der Waals surface area (Å²) in [6.07, 6.45) is 7.26. The molecule has 0 amide bonds. The van der Waals surface area contributed by atoms with Gasteiger partial charge in [0.25, 0.3) is 0 Å². The molecule has 0 radical (unpaired) electrons. The summed E-state index contributed by atoms with van der Waals surface area (Å²) in [6.45, 7) is 7.05. The molecule has 0 N–H and O–H groups in total. The van der Waals surface area contributed by atoms with Gasteiger partial charge < -0.3 is 0 Å². The fraction of sp³-hybridized carbons (Fsp3) is 1.00. The lowest BCUT2D eigenvalue weighted by molar-refractivity contribution is 0.0881. The molecule has 0 nitrogen and oxygen atoms in total. The van der Waals surface area contributed by atoms with Crippen molar-refractivity contribution < 1.29 is 0 Å². The molecule has 60 valence electrons. The van der Waals surface area contributed by atoms with Crippen molar-refractivity contribution in [2.45, 2.75) is 52.9 Å². The Morgan fingerprint density at radius 2 is 1.90 bits per heavy atom. The maximum atomic E-state index is 2.38. The van der Waals surface area contributed by atoms with Crippen molar-refractivity contribution in [3.8, 4) is 0 Å². The summed E-state index contributed by atoms with van der Waals surface area (Å²) < 4.78 is 0. The molecule has 1 aliphatic rings. The van der Waals surface area contributed by atoms with Crippen LogP contribution in [-0.2, 0) is 0 Å². The van der Waals surface area contributed by atoms with Crippen molar-refractivity contribution in [1.29, 1.82) is 0 Å². The highest BCUT2D eigenvalue weighted by Crippen LogP contribution is 2.46. The van der Waals surface area contributed by atoms with Gasteiger partial charge in [0.05, 0.1) is 0 Å². The van der Waals surface area contributed by atoms with Gasteiger partial charge in [-0.2, -0.15) is 0 Å². The summed E-state index contributed by atoms with van der Waals surface area (Å²) in [7, 11) is 0. The minimum atomic E-state index is 0.693. The van der Waals surface area contributed by atoms with E-state index in [1.54, 1.807) is 0 Å². The minimum absolute atomic E-state index is 0.693. The average Bonchev–Trinajstić information content (AvgIpc) is 1.78. The van der Waals surface area contributed by atoms with Gasteiger partial charge >= 0.3 is 0 Å². The molecule has 1 fully saturated rings. The van der Waals surface area contributed by atoms with Gasteiger partial charge in [0.15, 0.2) is 0 Å². The first kappa shape index (κ1) is 8.10. The van der Waals surface area contributed by atoms with Gasteiger partial charge in [-0.1, -0.05) is 40.0 Å². The van der Waals surface area contributed by atoms with Crippen LogP contribution in [0.3, 0.4) is 0 Å². The lowest BCUT2D eigenvalue weighted by Crippen LogP contribution is -2.31. The van der Waals surface area contributed by atoms with E-state index in [9.17, 15) is 0 Å².